The van der Waals surface area contributed by atoms with Gasteiger partial charge in [0.15, 0.2) is 23.0 Å². The van der Waals surface area contributed by atoms with E-state index in [0.29, 0.717) is 35.3 Å². The smallest absolute Gasteiger partial charge is 0.289 e. The molecule has 0 unspecified atom stereocenters. The van der Waals surface area contributed by atoms with Crippen LogP contribution in [0.1, 0.15) is 21.6 Å². The third kappa shape index (κ3) is 5.82. The lowest BCUT2D eigenvalue weighted by atomic mass is 10.1. The summed E-state index contributed by atoms with van der Waals surface area (Å²) >= 11 is 0. The second kappa shape index (κ2) is 11.6. The van der Waals surface area contributed by atoms with Crippen LogP contribution in [-0.2, 0) is 6.61 Å². The SMILES string of the molecule is COc1ccc(/C=N/NC(=O)c2cc(-c3ccc(OCc4ccccc4)c(OC)c3)n[nH]2)cc1OC. The van der Waals surface area contributed by atoms with E-state index >= 15 is 0 Å². The number of benzene rings is 3. The minimum Gasteiger partial charge on any atom is -0.493 e. The van der Waals surface area contributed by atoms with E-state index in [1.807, 2.05) is 48.5 Å². The molecule has 36 heavy (non-hydrogen) atoms. The molecular formula is C27H26N4O5. The molecule has 0 fully saturated rings. The van der Waals surface area contributed by atoms with Crippen LogP contribution >= 0.6 is 0 Å². The molecule has 0 saturated carbocycles. The highest BCUT2D eigenvalue weighted by atomic mass is 16.5. The van der Waals surface area contributed by atoms with Crippen LogP contribution in [0.15, 0.2) is 77.9 Å². The van der Waals surface area contributed by atoms with E-state index in [1.54, 1.807) is 45.6 Å². The molecule has 3 aromatic carbocycles. The van der Waals surface area contributed by atoms with Crippen molar-refractivity contribution >= 4 is 12.1 Å². The molecule has 0 radical (unpaired) electrons. The van der Waals surface area contributed by atoms with Gasteiger partial charge in [0.05, 0.1) is 33.2 Å². The Morgan fingerprint density at radius 2 is 1.61 bits per heavy atom. The van der Waals surface area contributed by atoms with Crippen molar-refractivity contribution in [1.29, 1.82) is 0 Å². The van der Waals surface area contributed by atoms with Gasteiger partial charge in [-0.15, -0.1) is 0 Å². The molecule has 0 aliphatic heterocycles. The normalized spacial score (nSPS) is 10.8. The van der Waals surface area contributed by atoms with E-state index in [2.05, 4.69) is 20.7 Å². The highest BCUT2D eigenvalue weighted by molar-refractivity contribution is 5.94. The number of amides is 1. The fourth-order valence-electron chi connectivity index (χ4n) is 3.43. The second-order valence-electron chi connectivity index (χ2n) is 7.62. The van der Waals surface area contributed by atoms with Gasteiger partial charge in [-0.1, -0.05) is 30.3 Å². The molecule has 0 spiro atoms. The Hall–Kier alpha value is -4.79. The number of hydrazone groups is 1. The minimum absolute atomic E-state index is 0.262. The van der Waals surface area contributed by atoms with Gasteiger partial charge in [0.25, 0.3) is 5.91 Å². The van der Waals surface area contributed by atoms with Gasteiger partial charge in [-0.2, -0.15) is 10.2 Å². The molecular weight excluding hydrogens is 460 g/mol. The van der Waals surface area contributed by atoms with Crippen molar-refractivity contribution in [2.24, 2.45) is 5.10 Å². The summed E-state index contributed by atoms with van der Waals surface area (Å²) in [7, 11) is 4.69. The van der Waals surface area contributed by atoms with Gasteiger partial charge in [-0.25, -0.2) is 5.43 Å². The standard InChI is InChI=1S/C27H26N4O5/c1-33-23-11-9-19(13-25(23)34-2)16-28-31-27(32)22-15-21(29-30-22)20-10-12-24(26(14-20)35-3)36-17-18-7-5-4-6-8-18/h4-16H,17H2,1-3H3,(H,29,30)(H,31,32)/b28-16+. The summed E-state index contributed by atoms with van der Waals surface area (Å²) in [5, 5.41) is 11.0. The zero-order valence-electron chi connectivity index (χ0n) is 20.1. The summed E-state index contributed by atoms with van der Waals surface area (Å²) in [6.45, 7) is 0.424. The van der Waals surface area contributed by atoms with Gasteiger partial charge in [0, 0.05) is 5.56 Å². The van der Waals surface area contributed by atoms with E-state index in [4.69, 9.17) is 18.9 Å². The Labute approximate surface area is 208 Å². The summed E-state index contributed by atoms with van der Waals surface area (Å²) in [4.78, 5) is 12.5. The molecule has 4 rings (SSSR count). The van der Waals surface area contributed by atoms with Crippen molar-refractivity contribution < 1.29 is 23.7 Å². The van der Waals surface area contributed by atoms with E-state index in [0.717, 1.165) is 16.7 Å². The number of hydrogen-bond acceptors (Lipinski definition) is 7. The third-order valence-corrected chi connectivity index (χ3v) is 5.31. The van der Waals surface area contributed by atoms with Gasteiger partial charge in [-0.3, -0.25) is 9.89 Å². The number of nitrogens with zero attached hydrogens (tertiary/aromatic N) is 2. The number of aromatic nitrogens is 2. The van der Waals surface area contributed by atoms with Crippen LogP contribution in [0.25, 0.3) is 11.3 Å². The van der Waals surface area contributed by atoms with Crippen molar-refractivity contribution in [1.82, 2.24) is 15.6 Å². The van der Waals surface area contributed by atoms with E-state index < -0.39 is 5.91 Å². The summed E-state index contributed by atoms with van der Waals surface area (Å²) < 4.78 is 21.9. The summed E-state index contributed by atoms with van der Waals surface area (Å²) in [5.74, 6) is 1.93. The quantitative estimate of drug-likeness (QED) is 0.253. The first kappa shape index (κ1) is 24.3. The Balaban J connectivity index is 1.40. The first-order valence-corrected chi connectivity index (χ1v) is 11.1. The number of nitrogens with one attached hydrogen (secondary N) is 2. The molecule has 184 valence electrons. The Kier molecular flexibility index (Phi) is 7.82. The molecule has 0 aliphatic carbocycles. The lowest BCUT2D eigenvalue weighted by molar-refractivity contribution is 0.0950. The average molecular weight is 487 g/mol. The van der Waals surface area contributed by atoms with Crippen molar-refractivity contribution in [2.45, 2.75) is 6.61 Å². The minimum atomic E-state index is -0.430. The Morgan fingerprint density at radius 1 is 0.889 bits per heavy atom. The van der Waals surface area contributed by atoms with Crippen LogP contribution in [0.3, 0.4) is 0 Å². The molecule has 0 aliphatic rings. The highest BCUT2D eigenvalue weighted by Crippen LogP contribution is 2.32. The molecule has 1 heterocycles. The first-order valence-electron chi connectivity index (χ1n) is 11.1. The molecule has 9 nitrogen and oxygen atoms in total. The Morgan fingerprint density at radius 3 is 2.36 bits per heavy atom. The van der Waals surface area contributed by atoms with Crippen molar-refractivity contribution in [3.63, 3.8) is 0 Å². The summed E-state index contributed by atoms with van der Waals surface area (Å²) in [5.41, 5.74) is 5.89. The predicted molar refractivity (Wildman–Crippen MR) is 136 cm³/mol. The molecule has 0 bridgehead atoms. The monoisotopic (exact) mass is 486 g/mol. The number of carbonyl (C=O) groups is 1. The average Bonchev–Trinajstić information content (AvgIpc) is 3.43. The van der Waals surface area contributed by atoms with Crippen LogP contribution in [-0.4, -0.2) is 43.6 Å². The number of aromatic amines is 1. The highest BCUT2D eigenvalue weighted by Gasteiger charge is 2.13. The maximum Gasteiger partial charge on any atom is 0.289 e. The third-order valence-electron chi connectivity index (χ3n) is 5.31. The fraction of sp³-hybridized carbons (Fsp3) is 0.148. The number of hydrogen-bond donors (Lipinski definition) is 2. The van der Waals surface area contributed by atoms with Crippen molar-refractivity contribution in [2.75, 3.05) is 21.3 Å². The molecule has 4 aromatic rings. The molecule has 1 aromatic heterocycles. The summed E-state index contributed by atoms with van der Waals surface area (Å²) in [6, 6.07) is 22.3. The largest absolute Gasteiger partial charge is 0.493 e. The molecule has 1 amide bonds. The van der Waals surface area contributed by atoms with Gasteiger partial charge >= 0.3 is 0 Å². The van der Waals surface area contributed by atoms with E-state index in [1.165, 1.54) is 6.21 Å². The van der Waals surface area contributed by atoms with Crippen LogP contribution in [0, 0.1) is 0 Å². The predicted octanol–water partition coefficient (Wildman–Crippen LogP) is 4.45. The number of methoxy groups -OCH3 is 3. The second-order valence-corrected chi connectivity index (χ2v) is 7.62. The number of carbonyl (C=O) groups excluding carboxylic acids is 1. The number of rotatable bonds is 10. The van der Waals surface area contributed by atoms with Crippen LogP contribution < -0.4 is 24.4 Å². The van der Waals surface area contributed by atoms with Gasteiger partial charge in [0.2, 0.25) is 0 Å². The maximum absolute atomic E-state index is 12.5. The molecule has 9 heteroatoms. The van der Waals surface area contributed by atoms with Crippen LogP contribution in [0.4, 0.5) is 0 Å². The maximum atomic E-state index is 12.5. The lowest BCUT2D eigenvalue weighted by Gasteiger charge is -2.11. The van der Waals surface area contributed by atoms with Crippen molar-refractivity contribution in [3.05, 3.63) is 89.6 Å². The lowest BCUT2D eigenvalue weighted by Crippen LogP contribution is -2.18. The van der Waals surface area contributed by atoms with E-state index in [9.17, 15) is 4.79 Å². The summed E-state index contributed by atoms with van der Waals surface area (Å²) in [6.07, 6.45) is 1.51. The molecule has 2 N–H and O–H groups in total. The topological polar surface area (TPSA) is 107 Å². The van der Waals surface area contributed by atoms with Gasteiger partial charge in [0.1, 0.15) is 12.3 Å². The van der Waals surface area contributed by atoms with Crippen LogP contribution in [0.2, 0.25) is 0 Å². The fourth-order valence-corrected chi connectivity index (χ4v) is 3.43. The number of ether oxygens (including phenoxy) is 4. The molecule has 0 atom stereocenters. The van der Waals surface area contributed by atoms with Gasteiger partial charge < -0.3 is 18.9 Å². The number of H-pyrrole nitrogens is 1. The zero-order valence-corrected chi connectivity index (χ0v) is 20.1. The first-order chi connectivity index (χ1) is 17.6. The van der Waals surface area contributed by atoms with Crippen LogP contribution in [0.5, 0.6) is 23.0 Å². The Bertz CT molecular complexity index is 1350. The van der Waals surface area contributed by atoms with E-state index in [-0.39, 0.29) is 5.69 Å². The molecule has 0 saturated heterocycles. The van der Waals surface area contributed by atoms with Crippen molar-refractivity contribution in [3.8, 4) is 34.3 Å². The zero-order chi connectivity index (χ0) is 25.3. The van der Waals surface area contributed by atoms with Gasteiger partial charge in [-0.05, 0) is 53.6 Å².